The Morgan fingerprint density at radius 3 is 2.40 bits per heavy atom. The van der Waals surface area contributed by atoms with Crippen LogP contribution in [0.4, 0.5) is 5.69 Å². The van der Waals surface area contributed by atoms with E-state index in [4.69, 9.17) is 15.3 Å². The van der Waals surface area contributed by atoms with Crippen molar-refractivity contribution in [1.29, 1.82) is 10.5 Å². The number of methoxy groups -OCH3 is 1. The molecule has 1 heterocycles. The molecule has 0 bridgehead atoms. The third kappa shape index (κ3) is 2.44. The Balaban J connectivity index is 2.22. The molecule has 102 valence electrons. The van der Waals surface area contributed by atoms with Crippen molar-refractivity contribution in [2.24, 2.45) is 5.41 Å². The fourth-order valence-corrected chi connectivity index (χ4v) is 2.41. The van der Waals surface area contributed by atoms with E-state index in [-0.39, 0.29) is 5.97 Å². The highest BCUT2D eigenvalue weighted by Crippen LogP contribution is 2.33. The fraction of sp³-hybridized carbons (Fsp3) is 0.400. The summed E-state index contributed by atoms with van der Waals surface area (Å²) in [6.07, 6.45) is 0.963. The molecule has 1 aliphatic rings. The van der Waals surface area contributed by atoms with E-state index < -0.39 is 5.41 Å². The number of hydrogen-bond acceptors (Lipinski definition) is 5. The normalized spacial score (nSPS) is 16.9. The van der Waals surface area contributed by atoms with Gasteiger partial charge in [-0.15, -0.1) is 0 Å². The van der Waals surface area contributed by atoms with E-state index >= 15 is 0 Å². The molecule has 0 aromatic heterocycles. The van der Waals surface area contributed by atoms with Crippen LogP contribution in [0.5, 0.6) is 0 Å². The van der Waals surface area contributed by atoms with E-state index in [2.05, 4.69) is 12.1 Å². The van der Waals surface area contributed by atoms with E-state index in [1.54, 1.807) is 12.1 Å². The van der Waals surface area contributed by atoms with Gasteiger partial charge in [0.2, 0.25) is 0 Å². The van der Waals surface area contributed by atoms with Crippen molar-refractivity contribution < 1.29 is 9.53 Å². The number of piperidine rings is 1. The summed E-state index contributed by atoms with van der Waals surface area (Å²) < 4.78 is 4.78. The van der Waals surface area contributed by atoms with Crippen molar-refractivity contribution in [1.82, 2.24) is 0 Å². The van der Waals surface area contributed by atoms with E-state index in [9.17, 15) is 4.79 Å². The molecule has 1 fully saturated rings. The Morgan fingerprint density at radius 2 is 1.85 bits per heavy atom. The molecule has 1 aromatic carbocycles. The topological polar surface area (TPSA) is 77.1 Å². The van der Waals surface area contributed by atoms with Crippen LogP contribution in [0.2, 0.25) is 0 Å². The molecule has 0 amide bonds. The third-order valence-corrected chi connectivity index (χ3v) is 3.70. The fourth-order valence-electron chi connectivity index (χ4n) is 2.41. The molecule has 0 radical (unpaired) electrons. The molecule has 5 nitrogen and oxygen atoms in total. The van der Waals surface area contributed by atoms with Gasteiger partial charge in [0.1, 0.15) is 5.41 Å². The molecular formula is C15H15N3O2. The van der Waals surface area contributed by atoms with Crippen LogP contribution in [0, 0.1) is 28.1 Å². The molecule has 1 saturated heterocycles. The minimum Gasteiger partial charge on any atom is -0.465 e. The highest BCUT2D eigenvalue weighted by atomic mass is 16.5. The van der Waals surface area contributed by atoms with Gasteiger partial charge in [0.15, 0.2) is 0 Å². The lowest BCUT2D eigenvalue weighted by atomic mass is 9.81. The number of carbonyl (C=O) groups excluding carboxylic acids is 1. The maximum Gasteiger partial charge on any atom is 0.339 e. The third-order valence-electron chi connectivity index (χ3n) is 3.70. The lowest BCUT2D eigenvalue weighted by molar-refractivity contribution is 0.0601. The standard InChI is InChI=1S/C15H15N3O2/c1-20-14(19)12-4-2-3-5-13(12)18-8-6-15(10-16,11-17)7-9-18/h2-5H,6-9H2,1H3. The monoisotopic (exact) mass is 269 g/mol. The Morgan fingerprint density at radius 1 is 1.25 bits per heavy atom. The summed E-state index contributed by atoms with van der Waals surface area (Å²) >= 11 is 0. The van der Waals surface area contributed by atoms with Crippen LogP contribution >= 0.6 is 0 Å². The van der Waals surface area contributed by atoms with Crippen LogP contribution in [0.1, 0.15) is 23.2 Å². The highest BCUT2D eigenvalue weighted by molar-refractivity contribution is 5.95. The average Bonchev–Trinajstić information content (AvgIpc) is 2.54. The number of nitrogens with zero attached hydrogens (tertiary/aromatic N) is 3. The number of anilines is 1. The first kappa shape index (κ1) is 13.9. The number of rotatable bonds is 2. The maximum absolute atomic E-state index is 11.8. The van der Waals surface area contributed by atoms with Crippen molar-refractivity contribution >= 4 is 11.7 Å². The summed E-state index contributed by atoms with van der Waals surface area (Å²) in [5.41, 5.74) is 0.414. The minimum atomic E-state index is -0.892. The van der Waals surface area contributed by atoms with Crippen molar-refractivity contribution in [3.8, 4) is 12.1 Å². The van der Waals surface area contributed by atoms with Crippen LogP contribution < -0.4 is 4.90 Å². The first-order valence-corrected chi connectivity index (χ1v) is 6.40. The molecule has 1 aliphatic heterocycles. The lowest BCUT2D eigenvalue weighted by Crippen LogP contribution is -2.39. The number of carbonyl (C=O) groups is 1. The molecule has 0 unspecified atom stereocenters. The second-order valence-corrected chi connectivity index (χ2v) is 4.80. The highest BCUT2D eigenvalue weighted by Gasteiger charge is 2.35. The summed E-state index contributed by atoms with van der Waals surface area (Å²) in [6.45, 7) is 1.16. The van der Waals surface area contributed by atoms with E-state index in [0.29, 0.717) is 31.5 Å². The molecule has 20 heavy (non-hydrogen) atoms. The van der Waals surface area contributed by atoms with Crippen LogP contribution in [0.3, 0.4) is 0 Å². The largest absolute Gasteiger partial charge is 0.465 e. The smallest absolute Gasteiger partial charge is 0.339 e. The summed E-state index contributed by atoms with van der Waals surface area (Å²) in [7, 11) is 1.35. The van der Waals surface area contributed by atoms with Crippen LogP contribution in [-0.4, -0.2) is 26.2 Å². The molecule has 0 aliphatic carbocycles. The molecule has 0 saturated carbocycles. The summed E-state index contributed by atoms with van der Waals surface area (Å²) in [6, 6.07) is 11.4. The lowest BCUT2D eigenvalue weighted by Gasteiger charge is -2.35. The van der Waals surface area contributed by atoms with E-state index in [1.807, 2.05) is 17.0 Å². The van der Waals surface area contributed by atoms with Gasteiger partial charge >= 0.3 is 5.97 Å². The quantitative estimate of drug-likeness (QED) is 0.768. The van der Waals surface area contributed by atoms with Gasteiger partial charge in [-0.1, -0.05) is 12.1 Å². The molecule has 1 aromatic rings. The Kier molecular flexibility index (Phi) is 3.91. The summed E-state index contributed by atoms with van der Waals surface area (Å²) in [5.74, 6) is -0.377. The Bertz CT molecular complexity index is 574. The van der Waals surface area contributed by atoms with Crippen molar-refractivity contribution in [2.45, 2.75) is 12.8 Å². The number of para-hydroxylation sites is 1. The Hall–Kier alpha value is -2.53. The second kappa shape index (κ2) is 5.63. The van der Waals surface area contributed by atoms with Gasteiger partial charge in [0, 0.05) is 13.1 Å². The summed E-state index contributed by atoms with van der Waals surface area (Å²) in [5, 5.41) is 18.2. The second-order valence-electron chi connectivity index (χ2n) is 4.80. The van der Waals surface area contributed by atoms with Crippen molar-refractivity contribution in [2.75, 3.05) is 25.1 Å². The van der Waals surface area contributed by atoms with E-state index in [0.717, 1.165) is 5.69 Å². The molecule has 0 atom stereocenters. The average molecular weight is 269 g/mol. The zero-order valence-electron chi connectivity index (χ0n) is 11.3. The van der Waals surface area contributed by atoms with Gasteiger partial charge < -0.3 is 9.64 Å². The zero-order chi connectivity index (χ0) is 14.6. The van der Waals surface area contributed by atoms with Gasteiger partial charge in [-0.25, -0.2) is 4.79 Å². The van der Waals surface area contributed by atoms with Gasteiger partial charge in [-0.2, -0.15) is 10.5 Å². The first-order chi connectivity index (χ1) is 9.65. The van der Waals surface area contributed by atoms with Gasteiger partial charge in [-0.3, -0.25) is 0 Å². The molecule has 5 heteroatoms. The minimum absolute atomic E-state index is 0.377. The van der Waals surface area contributed by atoms with Crippen molar-refractivity contribution in [3.63, 3.8) is 0 Å². The molecule has 2 rings (SSSR count). The number of ether oxygens (including phenoxy) is 1. The van der Waals surface area contributed by atoms with E-state index in [1.165, 1.54) is 7.11 Å². The summed E-state index contributed by atoms with van der Waals surface area (Å²) in [4.78, 5) is 13.8. The zero-order valence-corrected chi connectivity index (χ0v) is 11.3. The number of nitriles is 2. The number of hydrogen-bond donors (Lipinski definition) is 0. The Labute approximate surface area is 118 Å². The predicted molar refractivity (Wildman–Crippen MR) is 72.9 cm³/mol. The molecule has 0 spiro atoms. The number of esters is 1. The van der Waals surface area contributed by atoms with Gasteiger partial charge in [-0.05, 0) is 25.0 Å². The van der Waals surface area contributed by atoms with Crippen LogP contribution in [0.15, 0.2) is 24.3 Å². The van der Waals surface area contributed by atoms with Crippen LogP contribution in [0.25, 0.3) is 0 Å². The van der Waals surface area contributed by atoms with Gasteiger partial charge in [0.25, 0.3) is 0 Å². The number of benzene rings is 1. The SMILES string of the molecule is COC(=O)c1ccccc1N1CCC(C#N)(C#N)CC1. The maximum atomic E-state index is 11.8. The molecular weight excluding hydrogens is 254 g/mol. The first-order valence-electron chi connectivity index (χ1n) is 6.40. The molecule has 0 N–H and O–H groups in total. The van der Waals surface area contributed by atoms with Crippen LogP contribution in [-0.2, 0) is 4.74 Å². The van der Waals surface area contributed by atoms with Crippen molar-refractivity contribution in [3.05, 3.63) is 29.8 Å². The van der Waals surface area contributed by atoms with Gasteiger partial charge in [0.05, 0.1) is 30.5 Å². The predicted octanol–water partition coefficient (Wildman–Crippen LogP) is 2.11.